The van der Waals surface area contributed by atoms with Crippen molar-refractivity contribution in [1.29, 1.82) is 5.26 Å². The Hall–Kier alpha value is -3.26. The Morgan fingerprint density at radius 1 is 0.839 bits per heavy atom. The lowest BCUT2D eigenvalue weighted by Gasteiger charge is -2.19. The summed E-state index contributed by atoms with van der Waals surface area (Å²) in [4.78, 5) is 0. The Bertz CT molecular complexity index is 1040. The van der Waals surface area contributed by atoms with Gasteiger partial charge in [0.1, 0.15) is 17.6 Å². The summed E-state index contributed by atoms with van der Waals surface area (Å²) in [5.41, 5.74) is 2.56. The number of hydrogen-bond donors (Lipinski definition) is 0. The third-order valence-electron chi connectivity index (χ3n) is 5.13. The zero-order valence-corrected chi connectivity index (χ0v) is 17.4. The minimum atomic E-state index is -3.43. The maximum atomic E-state index is 14.5. The molecule has 5 heteroatoms. The number of alkyl halides is 2. The zero-order valence-electron chi connectivity index (χ0n) is 17.4. The number of aryl methyl sites for hydroxylation is 3. The molecule has 0 heterocycles. The molecule has 0 aliphatic carbocycles. The summed E-state index contributed by atoms with van der Waals surface area (Å²) in [6, 6.07) is 19.1. The molecule has 3 aromatic rings. The molecule has 0 saturated carbocycles. The molecule has 160 valence electrons. The van der Waals surface area contributed by atoms with Crippen LogP contribution in [-0.2, 0) is 25.4 Å². The van der Waals surface area contributed by atoms with E-state index in [0.29, 0.717) is 12.8 Å². The van der Waals surface area contributed by atoms with Gasteiger partial charge < -0.3 is 4.74 Å². The topological polar surface area (TPSA) is 33.0 Å². The molecule has 0 fully saturated rings. The van der Waals surface area contributed by atoms with E-state index in [1.165, 1.54) is 36.4 Å². The Balaban J connectivity index is 1.59. The van der Waals surface area contributed by atoms with Crippen LogP contribution in [0.3, 0.4) is 0 Å². The molecular weight excluding hydrogens is 399 g/mol. The van der Waals surface area contributed by atoms with E-state index in [0.717, 1.165) is 36.0 Å². The molecule has 3 rings (SSSR count). The highest BCUT2D eigenvalue weighted by Gasteiger charge is 2.34. The number of rotatable bonds is 9. The van der Waals surface area contributed by atoms with E-state index < -0.39 is 11.9 Å². The minimum Gasteiger partial charge on any atom is -0.429 e. The molecule has 0 radical (unpaired) electrons. The van der Waals surface area contributed by atoms with Crippen LogP contribution in [0.2, 0.25) is 0 Å². The highest BCUT2D eigenvalue weighted by molar-refractivity contribution is 5.34. The quantitative estimate of drug-likeness (QED) is 0.373. The summed E-state index contributed by atoms with van der Waals surface area (Å²) in [6.07, 6.45) is 0.718. The lowest BCUT2D eigenvalue weighted by atomic mass is 10.0. The lowest BCUT2D eigenvalue weighted by molar-refractivity contribution is -0.185. The van der Waals surface area contributed by atoms with Crippen molar-refractivity contribution >= 4 is 0 Å². The predicted molar refractivity (Wildman–Crippen MR) is 115 cm³/mol. The van der Waals surface area contributed by atoms with Crippen LogP contribution < -0.4 is 4.74 Å². The molecule has 0 spiro atoms. The van der Waals surface area contributed by atoms with Gasteiger partial charge in [-0.25, -0.2) is 4.39 Å². The fraction of sp³-hybridized carbons (Fsp3) is 0.269. The van der Waals surface area contributed by atoms with Crippen LogP contribution in [0.5, 0.6) is 5.75 Å². The van der Waals surface area contributed by atoms with Gasteiger partial charge in [-0.3, -0.25) is 0 Å². The molecule has 0 unspecified atom stereocenters. The maximum absolute atomic E-state index is 14.5. The molecule has 0 aliphatic rings. The maximum Gasteiger partial charge on any atom is 0.426 e. The smallest absolute Gasteiger partial charge is 0.426 e. The van der Waals surface area contributed by atoms with E-state index in [4.69, 9.17) is 10.00 Å². The van der Waals surface area contributed by atoms with Crippen molar-refractivity contribution in [2.24, 2.45) is 0 Å². The van der Waals surface area contributed by atoms with Crippen molar-refractivity contribution in [2.75, 3.05) is 0 Å². The standard InChI is InChI=1S/C26H24F3NO/c1-2-3-4-19-8-13-23(14-9-19)26(28,29)31-24-15-10-20(11-16-24)5-6-21-7-12-22(18-30)25(27)17-21/h7-17H,2-6H2,1H3. The summed E-state index contributed by atoms with van der Waals surface area (Å²) < 4.78 is 47.7. The predicted octanol–water partition coefficient (Wildman–Crippen LogP) is 6.95. The van der Waals surface area contributed by atoms with E-state index in [1.807, 2.05) is 0 Å². The SMILES string of the molecule is CCCCc1ccc(C(F)(F)Oc2ccc(CCc3ccc(C#N)c(F)c3)cc2)cc1. The molecule has 0 aromatic heterocycles. The van der Waals surface area contributed by atoms with Crippen LogP contribution in [0.1, 0.15) is 47.6 Å². The van der Waals surface area contributed by atoms with E-state index in [1.54, 1.807) is 36.4 Å². The Morgan fingerprint density at radius 2 is 1.42 bits per heavy atom. The van der Waals surface area contributed by atoms with Crippen molar-refractivity contribution in [3.63, 3.8) is 0 Å². The van der Waals surface area contributed by atoms with E-state index in [9.17, 15) is 13.2 Å². The second-order valence-corrected chi connectivity index (χ2v) is 7.49. The van der Waals surface area contributed by atoms with Crippen LogP contribution in [0, 0.1) is 17.1 Å². The number of nitriles is 1. The molecule has 0 saturated heterocycles. The van der Waals surface area contributed by atoms with Gasteiger partial charge in [0.05, 0.1) is 11.1 Å². The largest absolute Gasteiger partial charge is 0.429 e. The van der Waals surface area contributed by atoms with E-state index in [2.05, 4.69) is 6.92 Å². The van der Waals surface area contributed by atoms with Crippen molar-refractivity contribution in [3.8, 4) is 11.8 Å². The summed E-state index contributed by atoms with van der Waals surface area (Å²) >= 11 is 0. The van der Waals surface area contributed by atoms with Crippen molar-refractivity contribution in [3.05, 3.63) is 100 Å². The molecule has 0 atom stereocenters. The van der Waals surface area contributed by atoms with Gasteiger partial charge in [-0.05, 0) is 78.8 Å². The molecule has 0 bridgehead atoms. The van der Waals surface area contributed by atoms with Crippen molar-refractivity contribution in [1.82, 2.24) is 0 Å². The number of halogens is 3. The second kappa shape index (κ2) is 10.2. The van der Waals surface area contributed by atoms with Gasteiger partial charge in [0.2, 0.25) is 0 Å². The number of nitrogens with zero attached hydrogens (tertiary/aromatic N) is 1. The highest BCUT2D eigenvalue weighted by atomic mass is 19.3. The molecule has 31 heavy (non-hydrogen) atoms. The molecule has 0 amide bonds. The molecule has 0 aliphatic heterocycles. The molecule has 3 aromatic carbocycles. The van der Waals surface area contributed by atoms with Gasteiger partial charge in [-0.1, -0.05) is 43.7 Å². The van der Waals surface area contributed by atoms with E-state index in [-0.39, 0.29) is 16.9 Å². The Kier molecular flexibility index (Phi) is 7.36. The highest BCUT2D eigenvalue weighted by Crippen LogP contribution is 2.32. The summed E-state index contributed by atoms with van der Waals surface area (Å²) in [7, 11) is 0. The third kappa shape index (κ3) is 6.11. The van der Waals surface area contributed by atoms with Crippen molar-refractivity contribution in [2.45, 2.75) is 45.1 Å². The first kappa shape index (κ1) is 22.4. The van der Waals surface area contributed by atoms with E-state index >= 15 is 0 Å². The fourth-order valence-corrected chi connectivity index (χ4v) is 3.27. The van der Waals surface area contributed by atoms with Crippen LogP contribution >= 0.6 is 0 Å². The number of unbranched alkanes of at least 4 members (excludes halogenated alkanes) is 1. The van der Waals surface area contributed by atoms with Gasteiger partial charge in [0, 0.05) is 0 Å². The van der Waals surface area contributed by atoms with Crippen LogP contribution in [-0.4, -0.2) is 0 Å². The molecular formula is C26H24F3NO. The normalized spacial score (nSPS) is 11.2. The first-order valence-corrected chi connectivity index (χ1v) is 10.3. The summed E-state index contributed by atoms with van der Waals surface area (Å²) in [5, 5.41) is 8.78. The zero-order chi connectivity index (χ0) is 22.3. The Morgan fingerprint density at radius 3 is 2.03 bits per heavy atom. The third-order valence-corrected chi connectivity index (χ3v) is 5.13. The second-order valence-electron chi connectivity index (χ2n) is 7.49. The Labute approximate surface area is 180 Å². The van der Waals surface area contributed by atoms with Gasteiger partial charge in [0.15, 0.2) is 0 Å². The molecule has 0 N–H and O–H groups in total. The van der Waals surface area contributed by atoms with Crippen LogP contribution in [0.25, 0.3) is 0 Å². The number of ether oxygens (including phenoxy) is 1. The van der Waals surface area contributed by atoms with Gasteiger partial charge in [-0.15, -0.1) is 0 Å². The monoisotopic (exact) mass is 423 g/mol. The minimum absolute atomic E-state index is 0.0155. The van der Waals surface area contributed by atoms with Crippen molar-refractivity contribution < 1.29 is 17.9 Å². The summed E-state index contributed by atoms with van der Waals surface area (Å²) in [5.74, 6) is -0.461. The molecule has 2 nitrogen and oxygen atoms in total. The van der Waals surface area contributed by atoms with Gasteiger partial charge in [0.25, 0.3) is 0 Å². The average Bonchev–Trinajstić information content (AvgIpc) is 2.77. The number of benzene rings is 3. The first-order valence-electron chi connectivity index (χ1n) is 10.3. The van der Waals surface area contributed by atoms with Gasteiger partial charge >= 0.3 is 6.11 Å². The number of hydrogen-bond acceptors (Lipinski definition) is 2. The lowest BCUT2D eigenvalue weighted by Crippen LogP contribution is -2.21. The van der Waals surface area contributed by atoms with Gasteiger partial charge in [-0.2, -0.15) is 14.0 Å². The summed E-state index contributed by atoms with van der Waals surface area (Å²) in [6.45, 7) is 2.09. The van der Waals surface area contributed by atoms with Crippen LogP contribution in [0.4, 0.5) is 13.2 Å². The van der Waals surface area contributed by atoms with Crippen LogP contribution in [0.15, 0.2) is 66.7 Å². The fourth-order valence-electron chi connectivity index (χ4n) is 3.27. The first-order chi connectivity index (χ1) is 14.9. The average molecular weight is 423 g/mol.